The number of ether oxygens (including phenoxy) is 1. The van der Waals surface area contributed by atoms with Gasteiger partial charge in [0.1, 0.15) is 0 Å². The van der Waals surface area contributed by atoms with Gasteiger partial charge in [0.05, 0.1) is 12.2 Å². The predicted molar refractivity (Wildman–Crippen MR) is 91.2 cm³/mol. The van der Waals surface area contributed by atoms with Crippen molar-refractivity contribution in [3.05, 3.63) is 0 Å². The number of likely N-dealkylation sites (tertiary alicyclic amines) is 1. The van der Waals surface area contributed by atoms with Crippen molar-refractivity contribution in [2.45, 2.75) is 71.2 Å². The smallest absolute Gasteiger partial charge is 0.414 e. The van der Waals surface area contributed by atoms with Crippen LogP contribution in [0.15, 0.2) is 0 Å². The summed E-state index contributed by atoms with van der Waals surface area (Å²) < 4.78 is 5.83. The van der Waals surface area contributed by atoms with E-state index in [1.165, 1.54) is 32.4 Å². The summed E-state index contributed by atoms with van der Waals surface area (Å²) in [7, 11) is 0. The van der Waals surface area contributed by atoms with Crippen LogP contribution in [0, 0.1) is 0 Å². The average molecular weight is 344 g/mol. The predicted octanol–water partition coefficient (Wildman–Crippen LogP) is 1.51. The molecule has 7 nitrogen and oxygen atoms in total. The molecule has 2 saturated heterocycles. The van der Waals surface area contributed by atoms with Crippen LogP contribution < -0.4 is 0 Å². The molecule has 2 heterocycles. The Morgan fingerprint density at radius 3 is 1.92 bits per heavy atom. The van der Waals surface area contributed by atoms with Gasteiger partial charge in [0.2, 0.25) is 0 Å². The third kappa shape index (κ3) is 6.75. The molecule has 0 aliphatic carbocycles. The first kappa shape index (κ1) is 20.9. The van der Waals surface area contributed by atoms with E-state index in [9.17, 15) is 0 Å². The molecule has 0 saturated carbocycles. The maximum Gasteiger partial charge on any atom is 0.414 e. The summed E-state index contributed by atoms with van der Waals surface area (Å²) in [5, 5.41) is 14.8. The van der Waals surface area contributed by atoms with Crippen molar-refractivity contribution in [3.63, 3.8) is 0 Å². The molecule has 3 atom stereocenters. The van der Waals surface area contributed by atoms with Gasteiger partial charge in [-0.3, -0.25) is 4.90 Å². The van der Waals surface area contributed by atoms with E-state index in [-0.39, 0.29) is 0 Å². The van der Waals surface area contributed by atoms with E-state index in [4.69, 9.17) is 24.5 Å². The van der Waals surface area contributed by atoms with Crippen molar-refractivity contribution in [1.82, 2.24) is 9.80 Å². The van der Waals surface area contributed by atoms with Crippen LogP contribution >= 0.6 is 0 Å². The van der Waals surface area contributed by atoms with Gasteiger partial charge in [0.25, 0.3) is 0 Å². The lowest BCUT2D eigenvalue weighted by molar-refractivity contribution is -0.159. The Bertz CT molecular complexity index is 388. The first-order valence-electron chi connectivity index (χ1n) is 8.84. The summed E-state index contributed by atoms with van der Waals surface area (Å²) in [6, 6.07) is 1.55. The first-order valence-corrected chi connectivity index (χ1v) is 8.84. The molecule has 0 aromatic rings. The van der Waals surface area contributed by atoms with Crippen LogP contribution in [0.1, 0.15) is 47.0 Å². The van der Waals surface area contributed by atoms with Gasteiger partial charge < -0.3 is 19.8 Å². The zero-order valence-corrected chi connectivity index (χ0v) is 15.3. The molecule has 0 aromatic heterocycles. The van der Waals surface area contributed by atoms with E-state index in [0.717, 1.165) is 25.2 Å². The van der Waals surface area contributed by atoms with Crippen molar-refractivity contribution < 1.29 is 24.5 Å². The third-order valence-electron chi connectivity index (χ3n) is 4.86. The zero-order chi connectivity index (χ0) is 18.3. The molecule has 24 heavy (non-hydrogen) atoms. The number of hydrogen-bond donors (Lipinski definition) is 2. The minimum absolute atomic E-state index is 0.404. The molecular weight excluding hydrogens is 312 g/mol. The lowest BCUT2D eigenvalue weighted by atomic mass is 9.99. The van der Waals surface area contributed by atoms with Crippen LogP contribution in [-0.2, 0) is 14.3 Å². The van der Waals surface area contributed by atoms with Crippen LogP contribution in [0.25, 0.3) is 0 Å². The highest BCUT2D eigenvalue weighted by Gasteiger charge is 2.31. The Morgan fingerprint density at radius 1 is 1.08 bits per heavy atom. The number of carbonyl (C=O) groups is 2. The topological polar surface area (TPSA) is 90.3 Å². The molecule has 2 aliphatic heterocycles. The Hall–Kier alpha value is -1.18. The summed E-state index contributed by atoms with van der Waals surface area (Å²) in [5.74, 6) is -3.65. The summed E-state index contributed by atoms with van der Waals surface area (Å²) >= 11 is 0. The summed E-state index contributed by atoms with van der Waals surface area (Å²) in [6.45, 7) is 13.9. The fourth-order valence-electron chi connectivity index (χ4n) is 3.47. The molecule has 3 unspecified atom stereocenters. The molecule has 0 bridgehead atoms. The van der Waals surface area contributed by atoms with Crippen molar-refractivity contribution in [2.75, 3.05) is 26.2 Å². The number of hydrogen-bond acceptors (Lipinski definition) is 5. The minimum Gasteiger partial charge on any atom is -0.473 e. The second kappa shape index (κ2) is 9.96. The van der Waals surface area contributed by atoms with E-state index in [1.807, 2.05) is 0 Å². The highest BCUT2D eigenvalue weighted by atomic mass is 16.5. The van der Waals surface area contributed by atoms with Gasteiger partial charge in [-0.05, 0) is 53.1 Å². The van der Waals surface area contributed by atoms with E-state index in [0.29, 0.717) is 12.2 Å². The highest BCUT2D eigenvalue weighted by molar-refractivity contribution is 6.27. The number of piperidine rings is 1. The van der Waals surface area contributed by atoms with Crippen LogP contribution in [-0.4, -0.2) is 82.4 Å². The van der Waals surface area contributed by atoms with Crippen molar-refractivity contribution in [1.29, 1.82) is 0 Å². The minimum atomic E-state index is -1.82. The Balaban J connectivity index is 0.000000413. The van der Waals surface area contributed by atoms with Gasteiger partial charge in [0.15, 0.2) is 0 Å². The van der Waals surface area contributed by atoms with Crippen LogP contribution in [0.4, 0.5) is 0 Å². The van der Waals surface area contributed by atoms with Crippen LogP contribution in [0.2, 0.25) is 0 Å². The molecule has 7 heteroatoms. The lowest BCUT2D eigenvalue weighted by Crippen LogP contribution is -2.54. The number of morpholine rings is 1. The van der Waals surface area contributed by atoms with Crippen LogP contribution in [0.5, 0.6) is 0 Å². The SMILES string of the molecule is CCC(C)N1CCC(N2CC(C)OC(C)C2)CC1.O=C(O)C(=O)O. The third-order valence-corrected chi connectivity index (χ3v) is 4.86. The number of carboxylic acid groups (broad SMARTS) is 2. The quantitative estimate of drug-likeness (QED) is 0.750. The first-order chi connectivity index (χ1) is 11.2. The zero-order valence-electron chi connectivity index (χ0n) is 15.3. The fourth-order valence-corrected chi connectivity index (χ4v) is 3.47. The number of nitrogens with zero attached hydrogens (tertiary/aromatic N) is 2. The fraction of sp³-hybridized carbons (Fsp3) is 0.882. The largest absolute Gasteiger partial charge is 0.473 e. The molecule has 2 rings (SSSR count). The van der Waals surface area contributed by atoms with Gasteiger partial charge in [-0.15, -0.1) is 0 Å². The van der Waals surface area contributed by atoms with Gasteiger partial charge in [-0.1, -0.05) is 6.92 Å². The summed E-state index contributed by atoms with van der Waals surface area (Å²) in [5.41, 5.74) is 0. The van der Waals surface area contributed by atoms with E-state index in [2.05, 4.69) is 37.5 Å². The summed E-state index contributed by atoms with van der Waals surface area (Å²) in [4.78, 5) is 23.5. The number of aliphatic carboxylic acids is 2. The summed E-state index contributed by atoms with van der Waals surface area (Å²) in [6.07, 6.45) is 4.76. The molecule has 0 aromatic carbocycles. The van der Waals surface area contributed by atoms with Gasteiger partial charge in [0, 0.05) is 25.2 Å². The highest BCUT2D eigenvalue weighted by Crippen LogP contribution is 2.22. The Morgan fingerprint density at radius 2 is 1.54 bits per heavy atom. The maximum absolute atomic E-state index is 9.10. The molecular formula is C17H32N2O5. The Kier molecular flexibility index (Phi) is 8.66. The molecule has 140 valence electrons. The normalized spacial score (nSPS) is 27.8. The second-order valence-corrected chi connectivity index (χ2v) is 6.85. The molecule has 0 spiro atoms. The van der Waals surface area contributed by atoms with E-state index >= 15 is 0 Å². The van der Waals surface area contributed by atoms with Crippen LogP contribution in [0.3, 0.4) is 0 Å². The van der Waals surface area contributed by atoms with Gasteiger partial charge in [-0.2, -0.15) is 0 Å². The van der Waals surface area contributed by atoms with Crippen molar-refractivity contribution in [3.8, 4) is 0 Å². The standard InChI is InChI=1S/C15H30N2O.C2H2O4/c1-5-12(2)16-8-6-15(7-9-16)17-10-13(3)18-14(4)11-17;3-1(4)2(5)6/h12-15H,5-11H2,1-4H3;(H,3,4)(H,5,6). The molecule has 2 aliphatic rings. The molecule has 0 radical (unpaired) electrons. The second-order valence-electron chi connectivity index (χ2n) is 6.85. The number of rotatable bonds is 3. The van der Waals surface area contributed by atoms with Crippen molar-refractivity contribution in [2.24, 2.45) is 0 Å². The monoisotopic (exact) mass is 344 g/mol. The molecule has 2 fully saturated rings. The average Bonchev–Trinajstić information content (AvgIpc) is 2.54. The molecule has 2 N–H and O–H groups in total. The van der Waals surface area contributed by atoms with Crippen molar-refractivity contribution >= 4 is 11.9 Å². The van der Waals surface area contributed by atoms with Gasteiger partial charge >= 0.3 is 11.9 Å². The Labute approximate surface area is 144 Å². The van der Waals surface area contributed by atoms with E-state index < -0.39 is 11.9 Å². The molecule has 0 amide bonds. The maximum atomic E-state index is 9.10. The van der Waals surface area contributed by atoms with E-state index in [1.54, 1.807) is 0 Å². The number of carboxylic acids is 2. The lowest BCUT2D eigenvalue weighted by Gasteiger charge is -2.44. The van der Waals surface area contributed by atoms with Gasteiger partial charge in [-0.25, -0.2) is 9.59 Å².